The number of sulfonamides is 1. The predicted octanol–water partition coefficient (Wildman–Crippen LogP) is 3.28. The van der Waals surface area contributed by atoms with Gasteiger partial charge in [0.15, 0.2) is 0 Å². The lowest BCUT2D eigenvalue weighted by molar-refractivity contribution is 0.570. The van der Waals surface area contributed by atoms with Crippen molar-refractivity contribution in [3.05, 3.63) is 59.4 Å². The number of benzene rings is 2. The van der Waals surface area contributed by atoms with E-state index in [0.717, 1.165) is 6.07 Å². The number of hydrogen-bond donors (Lipinski definition) is 1. The van der Waals surface area contributed by atoms with Gasteiger partial charge in [-0.05, 0) is 36.4 Å². The van der Waals surface area contributed by atoms with Crippen molar-refractivity contribution in [2.24, 2.45) is 0 Å². The summed E-state index contributed by atoms with van der Waals surface area (Å²) < 4.78 is 39.5. The van der Waals surface area contributed by atoms with E-state index in [9.17, 15) is 12.8 Å². The Kier molecular flexibility index (Phi) is 3.54. The van der Waals surface area contributed by atoms with Crippen LogP contribution in [0.25, 0.3) is 0 Å². The molecule has 1 N–H and O–H groups in total. The fourth-order valence-electron chi connectivity index (χ4n) is 1.39. The van der Waals surface area contributed by atoms with E-state index in [4.69, 9.17) is 11.6 Å². The van der Waals surface area contributed by atoms with Crippen LogP contribution in [0.1, 0.15) is 0 Å². The Balaban J connectivity index is 2.33. The van der Waals surface area contributed by atoms with Crippen LogP contribution in [0.2, 0.25) is 5.02 Å². The first-order valence-electron chi connectivity index (χ1n) is 5.02. The van der Waals surface area contributed by atoms with Crippen molar-refractivity contribution in [3.8, 4) is 0 Å². The minimum absolute atomic E-state index is 0.322. The summed E-state index contributed by atoms with van der Waals surface area (Å²) in [5, 5.41) is 0.490. The molecule has 0 heterocycles. The van der Waals surface area contributed by atoms with E-state index >= 15 is 0 Å². The lowest BCUT2D eigenvalue weighted by atomic mass is 10.3. The molecule has 0 saturated heterocycles. The molecule has 2 rings (SSSR count). The maximum atomic E-state index is 13.4. The first-order chi connectivity index (χ1) is 8.49. The number of anilines is 1. The second-order valence-electron chi connectivity index (χ2n) is 3.54. The number of rotatable bonds is 3. The zero-order chi connectivity index (χ0) is 13.2. The first kappa shape index (κ1) is 12.9. The Labute approximate surface area is 109 Å². The van der Waals surface area contributed by atoms with Gasteiger partial charge in [-0.25, -0.2) is 12.8 Å². The summed E-state index contributed by atoms with van der Waals surface area (Å²) in [7, 11) is -3.92. The van der Waals surface area contributed by atoms with Crippen molar-refractivity contribution >= 4 is 27.3 Å². The predicted molar refractivity (Wildman–Crippen MR) is 68.7 cm³/mol. The average Bonchev–Trinajstić information content (AvgIpc) is 2.32. The van der Waals surface area contributed by atoms with Gasteiger partial charge in [-0.2, -0.15) is 0 Å². The van der Waals surface area contributed by atoms with Crippen LogP contribution in [-0.2, 0) is 10.0 Å². The molecule has 0 bridgehead atoms. The highest BCUT2D eigenvalue weighted by molar-refractivity contribution is 7.92. The summed E-state index contributed by atoms with van der Waals surface area (Å²) in [6.07, 6.45) is 0. The van der Waals surface area contributed by atoms with Gasteiger partial charge in [0, 0.05) is 10.7 Å². The van der Waals surface area contributed by atoms with Crippen LogP contribution in [0.15, 0.2) is 53.4 Å². The van der Waals surface area contributed by atoms with Crippen LogP contribution in [0.3, 0.4) is 0 Å². The second-order valence-corrected chi connectivity index (χ2v) is 5.63. The normalized spacial score (nSPS) is 11.2. The van der Waals surface area contributed by atoms with Crippen LogP contribution < -0.4 is 4.72 Å². The molecule has 0 atom stereocenters. The summed E-state index contributed by atoms with van der Waals surface area (Å²) in [6.45, 7) is 0. The van der Waals surface area contributed by atoms with E-state index in [0.29, 0.717) is 10.7 Å². The molecule has 18 heavy (non-hydrogen) atoms. The molecule has 0 spiro atoms. The molecule has 0 radical (unpaired) electrons. The van der Waals surface area contributed by atoms with E-state index in [1.165, 1.54) is 30.3 Å². The van der Waals surface area contributed by atoms with Gasteiger partial charge in [0.2, 0.25) is 0 Å². The van der Waals surface area contributed by atoms with E-state index in [-0.39, 0.29) is 4.90 Å². The maximum Gasteiger partial charge on any atom is 0.264 e. The highest BCUT2D eigenvalue weighted by Gasteiger charge is 2.18. The quantitative estimate of drug-likeness (QED) is 0.941. The molecule has 0 saturated carbocycles. The number of hydrogen-bond acceptors (Lipinski definition) is 2. The summed E-state index contributed by atoms with van der Waals surface area (Å²) in [5.74, 6) is -0.793. The van der Waals surface area contributed by atoms with Gasteiger partial charge in [0.25, 0.3) is 10.0 Å². The molecular weight excluding hydrogens is 277 g/mol. The van der Waals surface area contributed by atoms with Gasteiger partial charge in [0.1, 0.15) is 10.7 Å². The first-order valence-corrected chi connectivity index (χ1v) is 6.88. The highest BCUT2D eigenvalue weighted by atomic mass is 35.5. The van der Waals surface area contributed by atoms with E-state index in [2.05, 4.69) is 4.72 Å². The molecule has 0 aliphatic heterocycles. The lowest BCUT2D eigenvalue weighted by Gasteiger charge is -2.08. The van der Waals surface area contributed by atoms with Crippen molar-refractivity contribution in [2.45, 2.75) is 4.90 Å². The molecule has 0 aliphatic carbocycles. The molecule has 3 nitrogen and oxygen atoms in total. The molecule has 94 valence electrons. The third-order valence-corrected chi connectivity index (χ3v) is 3.89. The van der Waals surface area contributed by atoms with Crippen molar-refractivity contribution in [1.82, 2.24) is 0 Å². The Morgan fingerprint density at radius 2 is 1.61 bits per heavy atom. The van der Waals surface area contributed by atoms with Crippen LogP contribution in [-0.4, -0.2) is 8.42 Å². The monoisotopic (exact) mass is 285 g/mol. The summed E-state index contributed by atoms with van der Waals surface area (Å²) >= 11 is 5.69. The van der Waals surface area contributed by atoms with Crippen molar-refractivity contribution in [1.29, 1.82) is 0 Å². The number of nitrogens with one attached hydrogen (secondary N) is 1. The summed E-state index contributed by atoms with van der Waals surface area (Å²) in [4.78, 5) is -0.389. The molecule has 2 aromatic carbocycles. The minimum atomic E-state index is -3.92. The Hall–Kier alpha value is -1.59. The SMILES string of the molecule is O=S(=O)(Nc1ccc(Cl)cc1)c1ccccc1F. The molecule has 2 aromatic rings. The second kappa shape index (κ2) is 4.96. The summed E-state index contributed by atoms with van der Waals surface area (Å²) in [5.41, 5.74) is 0.322. The average molecular weight is 286 g/mol. The van der Waals surface area contributed by atoms with Gasteiger partial charge in [-0.3, -0.25) is 4.72 Å². The van der Waals surface area contributed by atoms with E-state index < -0.39 is 15.8 Å². The topological polar surface area (TPSA) is 46.2 Å². The lowest BCUT2D eigenvalue weighted by Crippen LogP contribution is -2.14. The van der Waals surface area contributed by atoms with Gasteiger partial charge < -0.3 is 0 Å². The molecule has 0 unspecified atom stereocenters. The molecular formula is C12H9ClFNO2S. The molecule has 0 amide bonds. The van der Waals surface area contributed by atoms with Crippen molar-refractivity contribution in [3.63, 3.8) is 0 Å². The van der Waals surface area contributed by atoms with Crippen LogP contribution in [0.5, 0.6) is 0 Å². The minimum Gasteiger partial charge on any atom is -0.280 e. The highest BCUT2D eigenvalue weighted by Crippen LogP contribution is 2.19. The Morgan fingerprint density at radius 3 is 2.22 bits per heavy atom. The fourth-order valence-corrected chi connectivity index (χ4v) is 2.66. The fraction of sp³-hybridized carbons (Fsp3) is 0. The molecule has 0 fully saturated rings. The maximum absolute atomic E-state index is 13.4. The Bertz CT molecular complexity index is 656. The van der Waals surface area contributed by atoms with Gasteiger partial charge in [-0.1, -0.05) is 23.7 Å². The zero-order valence-corrected chi connectivity index (χ0v) is 10.7. The van der Waals surface area contributed by atoms with Crippen molar-refractivity contribution in [2.75, 3.05) is 4.72 Å². The Morgan fingerprint density at radius 1 is 1.00 bits per heavy atom. The molecule has 0 aliphatic rings. The number of halogens is 2. The van der Waals surface area contributed by atoms with Gasteiger partial charge in [-0.15, -0.1) is 0 Å². The van der Waals surface area contributed by atoms with E-state index in [1.54, 1.807) is 12.1 Å². The van der Waals surface area contributed by atoms with Gasteiger partial charge in [0.05, 0.1) is 0 Å². The zero-order valence-electron chi connectivity index (χ0n) is 9.10. The standard InChI is InChI=1S/C12H9ClFNO2S/c13-9-5-7-10(8-6-9)15-18(16,17)12-4-2-1-3-11(12)14/h1-8,15H. The van der Waals surface area contributed by atoms with E-state index in [1.807, 2.05) is 0 Å². The van der Waals surface area contributed by atoms with Crippen LogP contribution in [0, 0.1) is 5.82 Å². The third-order valence-electron chi connectivity index (χ3n) is 2.22. The van der Waals surface area contributed by atoms with Crippen molar-refractivity contribution < 1.29 is 12.8 Å². The van der Waals surface area contributed by atoms with Crippen LogP contribution >= 0.6 is 11.6 Å². The largest absolute Gasteiger partial charge is 0.280 e. The third kappa shape index (κ3) is 2.80. The molecule has 0 aromatic heterocycles. The summed E-state index contributed by atoms with van der Waals surface area (Å²) in [6, 6.07) is 11.3. The van der Waals surface area contributed by atoms with Gasteiger partial charge >= 0.3 is 0 Å². The smallest absolute Gasteiger partial charge is 0.264 e. The molecule has 6 heteroatoms. The van der Waals surface area contributed by atoms with Crippen LogP contribution in [0.4, 0.5) is 10.1 Å².